The van der Waals surface area contributed by atoms with Crippen LogP contribution in [-0.4, -0.2) is 4.98 Å². The van der Waals surface area contributed by atoms with E-state index in [1.54, 1.807) is 12.1 Å². The zero-order valence-corrected chi connectivity index (χ0v) is 9.74. The molecule has 1 N–H and O–H groups in total. The van der Waals surface area contributed by atoms with E-state index in [9.17, 15) is 9.18 Å². The monoisotopic (exact) mass is 253 g/mol. The highest BCUT2D eigenvalue weighted by atomic mass is 19.1. The number of H-pyrrole nitrogens is 1. The van der Waals surface area contributed by atoms with Crippen molar-refractivity contribution in [3.05, 3.63) is 58.6 Å². The predicted octanol–water partition coefficient (Wildman–Crippen LogP) is 3.57. The number of rotatable bonds is 0. The number of halogens is 1. The standard InChI is InChI=1S/C15H8FNO2/c16-8-5-6-11-10(7-8)14-13(15(18)17-11)9-3-1-2-4-12(9)19-14/h1-7H,(H,17,18). The Morgan fingerprint density at radius 2 is 1.89 bits per heavy atom. The van der Waals surface area contributed by atoms with Crippen molar-refractivity contribution in [2.75, 3.05) is 0 Å². The number of fused-ring (bicyclic) bond motifs is 5. The Morgan fingerprint density at radius 3 is 2.79 bits per heavy atom. The molecule has 4 rings (SSSR count). The van der Waals surface area contributed by atoms with Gasteiger partial charge >= 0.3 is 0 Å². The molecular weight excluding hydrogens is 245 g/mol. The fourth-order valence-electron chi connectivity index (χ4n) is 2.46. The summed E-state index contributed by atoms with van der Waals surface area (Å²) in [4.78, 5) is 14.9. The van der Waals surface area contributed by atoms with Crippen LogP contribution < -0.4 is 5.56 Å². The van der Waals surface area contributed by atoms with Crippen LogP contribution in [0, 0.1) is 5.82 Å². The highest BCUT2D eigenvalue weighted by Gasteiger charge is 2.14. The first-order valence-corrected chi connectivity index (χ1v) is 5.87. The molecule has 0 saturated heterocycles. The van der Waals surface area contributed by atoms with Gasteiger partial charge < -0.3 is 9.40 Å². The molecular formula is C15H8FNO2. The quantitative estimate of drug-likeness (QED) is 0.520. The van der Waals surface area contributed by atoms with E-state index in [0.717, 1.165) is 5.39 Å². The first-order chi connectivity index (χ1) is 9.24. The lowest BCUT2D eigenvalue weighted by Gasteiger charge is -1.98. The summed E-state index contributed by atoms with van der Waals surface area (Å²) in [5.41, 5.74) is 1.40. The number of hydrogen-bond acceptors (Lipinski definition) is 2. The van der Waals surface area contributed by atoms with Gasteiger partial charge in [0.15, 0.2) is 0 Å². The molecule has 0 amide bonds. The molecule has 0 spiro atoms. The zero-order chi connectivity index (χ0) is 13.0. The van der Waals surface area contributed by atoms with Crippen LogP contribution in [0.4, 0.5) is 4.39 Å². The van der Waals surface area contributed by atoms with Crippen LogP contribution in [0.25, 0.3) is 32.8 Å². The molecule has 4 heteroatoms. The van der Waals surface area contributed by atoms with Gasteiger partial charge in [-0.25, -0.2) is 4.39 Å². The number of aromatic amines is 1. The molecule has 2 aromatic carbocycles. The Balaban J connectivity index is 2.39. The van der Waals surface area contributed by atoms with Gasteiger partial charge in [0.1, 0.15) is 17.0 Å². The summed E-state index contributed by atoms with van der Waals surface area (Å²) in [6, 6.07) is 11.5. The Bertz CT molecular complexity index is 997. The van der Waals surface area contributed by atoms with Crippen molar-refractivity contribution in [3.8, 4) is 0 Å². The van der Waals surface area contributed by atoms with Gasteiger partial charge in [0.05, 0.1) is 10.9 Å². The molecule has 0 unspecified atom stereocenters. The molecule has 2 heterocycles. The van der Waals surface area contributed by atoms with Gasteiger partial charge in [-0.1, -0.05) is 18.2 Å². The second-order valence-electron chi connectivity index (χ2n) is 4.45. The summed E-state index contributed by atoms with van der Waals surface area (Å²) in [5, 5.41) is 1.78. The number of benzene rings is 2. The van der Waals surface area contributed by atoms with Crippen molar-refractivity contribution in [3.63, 3.8) is 0 Å². The summed E-state index contributed by atoms with van der Waals surface area (Å²) in [7, 11) is 0. The summed E-state index contributed by atoms with van der Waals surface area (Å²) in [6.45, 7) is 0. The second kappa shape index (κ2) is 3.45. The van der Waals surface area contributed by atoms with Gasteiger partial charge in [0.25, 0.3) is 5.56 Å². The molecule has 0 fully saturated rings. The molecule has 3 nitrogen and oxygen atoms in total. The molecule has 2 aromatic heterocycles. The van der Waals surface area contributed by atoms with E-state index in [-0.39, 0.29) is 11.4 Å². The van der Waals surface area contributed by atoms with Crippen molar-refractivity contribution in [2.45, 2.75) is 0 Å². The predicted molar refractivity (Wildman–Crippen MR) is 71.8 cm³/mol. The molecule has 0 aliphatic rings. The van der Waals surface area contributed by atoms with Crippen LogP contribution in [-0.2, 0) is 0 Å². The minimum atomic E-state index is -0.360. The Labute approximate surface area is 106 Å². The summed E-state index contributed by atoms with van der Waals surface area (Å²) in [6.07, 6.45) is 0. The van der Waals surface area contributed by atoms with E-state index in [1.165, 1.54) is 12.1 Å². The minimum Gasteiger partial charge on any atom is -0.455 e. The van der Waals surface area contributed by atoms with Gasteiger partial charge in [-0.05, 0) is 24.3 Å². The molecule has 4 aromatic rings. The topological polar surface area (TPSA) is 46.0 Å². The fraction of sp³-hybridized carbons (Fsp3) is 0. The first kappa shape index (κ1) is 10.3. The normalized spacial score (nSPS) is 11.6. The van der Waals surface area contributed by atoms with Crippen molar-refractivity contribution in [1.82, 2.24) is 4.98 Å². The van der Waals surface area contributed by atoms with Gasteiger partial charge in [0, 0.05) is 10.8 Å². The van der Waals surface area contributed by atoms with Crippen molar-refractivity contribution in [2.24, 2.45) is 0 Å². The van der Waals surface area contributed by atoms with E-state index >= 15 is 0 Å². The van der Waals surface area contributed by atoms with Gasteiger partial charge in [-0.3, -0.25) is 4.79 Å². The maximum atomic E-state index is 13.4. The maximum Gasteiger partial charge on any atom is 0.260 e. The van der Waals surface area contributed by atoms with E-state index in [1.807, 2.05) is 18.2 Å². The average molecular weight is 253 g/mol. The highest BCUT2D eigenvalue weighted by Crippen LogP contribution is 2.30. The van der Waals surface area contributed by atoms with E-state index in [0.29, 0.717) is 27.5 Å². The maximum absolute atomic E-state index is 13.4. The summed E-state index contributed by atoms with van der Waals surface area (Å²) >= 11 is 0. The highest BCUT2D eigenvalue weighted by molar-refractivity contribution is 6.13. The van der Waals surface area contributed by atoms with Crippen LogP contribution in [0.2, 0.25) is 0 Å². The molecule has 0 bridgehead atoms. The number of hydrogen-bond donors (Lipinski definition) is 1. The molecule has 0 radical (unpaired) electrons. The third kappa shape index (κ3) is 1.34. The first-order valence-electron chi connectivity index (χ1n) is 5.87. The van der Waals surface area contributed by atoms with E-state index in [4.69, 9.17) is 4.42 Å². The Kier molecular flexibility index (Phi) is 1.87. The van der Waals surface area contributed by atoms with Gasteiger partial charge in [0.2, 0.25) is 0 Å². The zero-order valence-electron chi connectivity index (χ0n) is 9.74. The van der Waals surface area contributed by atoms with Crippen molar-refractivity contribution in [1.29, 1.82) is 0 Å². The second-order valence-corrected chi connectivity index (χ2v) is 4.45. The Hall–Kier alpha value is -2.62. The third-order valence-electron chi connectivity index (χ3n) is 3.30. The Morgan fingerprint density at radius 1 is 1.05 bits per heavy atom. The number of para-hydroxylation sites is 1. The van der Waals surface area contributed by atoms with E-state index < -0.39 is 0 Å². The fourth-order valence-corrected chi connectivity index (χ4v) is 2.46. The average Bonchev–Trinajstić information content (AvgIpc) is 2.80. The number of furan rings is 1. The van der Waals surface area contributed by atoms with Crippen LogP contribution in [0.5, 0.6) is 0 Å². The van der Waals surface area contributed by atoms with Gasteiger partial charge in [-0.15, -0.1) is 0 Å². The van der Waals surface area contributed by atoms with Gasteiger partial charge in [-0.2, -0.15) is 0 Å². The van der Waals surface area contributed by atoms with Crippen LogP contribution >= 0.6 is 0 Å². The lowest BCUT2D eigenvalue weighted by molar-refractivity contribution is 0.628. The SMILES string of the molecule is O=c1[nH]c2ccc(F)cc2c2oc3ccccc3c12. The number of nitrogens with one attached hydrogen (secondary N) is 1. The van der Waals surface area contributed by atoms with Crippen LogP contribution in [0.1, 0.15) is 0 Å². The molecule has 0 saturated carbocycles. The summed E-state index contributed by atoms with van der Waals surface area (Å²) < 4.78 is 19.1. The van der Waals surface area contributed by atoms with Crippen molar-refractivity contribution < 1.29 is 8.81 Å². The minimum absolute atomic E-state index is 0.223. The lowest BCUT2D eigenvalue weighted by atomic mass is 10.1. The van der Waals surface area contributed by atoms with Crippen molar-refractivity contribution >= 4 is 32.8 Å². The number of pyridine rings is 1. The summed E-state index contributed by atoms with van der Waals surface area (Å²) in [5.74, 6) is -0.360. The molecule has 19 heavy (non-hydrogen) atoms. The molecule has 0 aliphatic heterocycles. The lowest BCUT2D eigenvalue weighted by Crippen LogP contribution is -2.05. The van der Waals surface area contributed by atoms with Crippen LogP contribution in [0.3, 0.4) is 0 Å². The smallest absolute Gasteiger partial charge is 0.260 e. The third-order valence-corrected chi connectivity index (χ3v) is 3.30. The molecule has 0 aliphatic carbocycles. The van der Waals surface area contributed by atoms with Crippen LogP contribution in [0.15, 0.2) is 51.7 Å². The number of aromatic nitrogens is 1. The molecule has 92 valence electrons. The largest absolute Gasteiger partial charge is 0.455 e. The van der Waals surface area contributed by atoms with E-state index in [2.05, 4.69) is 4.98 Å². The molecule has 0 atom stereocenters.